The molecule has 2 heterocycles. The number of aromatic nitrogens is 1. The normalized spacial score (nSPS) is 14.4. The molecule has 0 aliphatic carbocycles. The third-order valence-electron chi connectivity index (χ3n) is 3.22. The molecule has 5 heteroatoms. The van der Waals surface area contributed by atoms with Gasteiger partial charge in [-0.1, -0.05) is 35.5 Å². The van der Waals surface area contributed by atoms with Gasteiger partial charge in [0.1, 0.15) is 23.9 Å². The van der Waals surface area contributed by atoms with E-state index < -0.39 is 0 Å². The van der Waals surface area contributed by atoms with E-state index in [4.69, 9.17) is 4.52 Å². The zero-order chi connectivity index (χ0) is 13.2. The highest BCUT2D eigenvalue weighted by Gasteiger charge is 2.24. The zero-order valence-corrected chi connectivity index (χ0v) is 11.1. The maximum absolute atomic E-state index is 5.23. The van der Waals surface area contributed by atoms with Crippen molar-refractivity contribution in [2.75, 3.05) is 11.6 Å². The lowest BCUT2D eigenvalue weighted by molar-refractivity contribution is 0.393. The predicted molar refractivity (Wildman–Crippen MR) is 74.0 cm³/mol. The lowest BCUT2D eigenvalue weighted by Crippen LogP contribution is -2.31. The van der Waals surface area contributed by atoms with Gasteiger partial charge in [0.25, 0.3) is 0 Å². The predicted octanol–water partition coefficient (Wildman–Crippen LogP) is 2.21. The van der Waals surface area contributed by atoms with Crippen LogP contribution in [0.15, 0.2) is 40.0 Å². The molecule has 1 aliphatic rings. The summed E-state index contributed by atoms with van der Waals surface area (Å²) in [6.45, 7) is 4.53. The molecule has 19 heavy (non-hydrogen) atoms. The van der Waals surface area contributed by atoms with Crippen LogP contribution in [0.1, 0.15) is 17.0 Å². The molecule has 1 aliphatic heterocycles. The van der Waals surface area contributed by atoms with Crippen molar-refractivity contribution in [2.45, 2.75) is 20.3 Å². The van der Waals surface area contributed by atoms with Crippen LogP contribution in [0.5, 0.6) is 0 Å². The molecule has 1 aromatic carbocycles. The van der Waals surface area contributed by atoms with Gasteiger partial charge in [0.2, 0.25) is 0 Å². The van der Waals surface area contributed by atoms with Crippen LogP contribution in [-0.4, -0.2) is 17.7 Å². The number of nitrogens with one attached hydrogen (secondary N) is 1. The van der Waals surface area contributed by atoms with Crippen molar-refractivity contribution in [1.29, 1.82) is 0 Å². The van der Waals surface area contributed by atoms with E-state index in [1.54, 1.807) is 0 Å². The summed E-state index contributed by atoms with van der Waals surface area (Å²) in [5.74, 6) is 1.81. The number of aryl methyl sites for hydroxylation is 2. The first-order valence-electron chi connectivity index (χ1n) is 6.29. The van der Waals surface area contributed by atoms with Crippen molar-refractivity contribution in [3.8, 4) is 0 Å². The summed E-state index contributed by atoms with van der Waals surface area (Å²) in [5.41, 5.74) is 6.17. The van der Waals surface area contributed by atoms with Gasteiger partial charge in [-0.05, 0) is 19.4 Å². The molecular formula is C14H16N4O. The van der Waals surface area contributed by atoms with Gasteiger partial charge in [-0.2, -0.15) is 5.10 Å². The molecule has 0 atom stereocenters. The average molecular weight is 256 g/mol. The Balaban J connectivity index is 1.86. The van der Waals surface area contributed by atoms with Crippen LogP contribution in [0.2, 0.25) is 0 Å². The number of anilines is 1. The number of amidine groups is 1. The monoisotopic (exact) mass is 256 g/mol. The fourth-order valence-corrected chi connectivity index (χ4v) is 2.33. The second-order valence-corrected chi connectivity index (χ2v) is 4.61. The summed E-state index contributed by atoms with van der Waals surface area (Å²) < 4.78 is 5.23. The smallest absolute Gasteiger partial charge is 0.157 e. The highest BCUT2D eigenvalue weighted by atomic mass is 16.5. The van der Waals surface area contributed by atoms with Crippen LogP contribution in [0, 0.1) is 13.8 Å². The minimum Gasteiger partial charge on any atom is -0.359 e. The van der Waals surface area contributed by atoms with Crippen molar-refractivity contribution in [3.05, 3.63) is 47.3 Å². The summed E-state index contributed by atoms with van der Waals surface area (Å²) in [6, 6.07) is 10.3. The van der Waals surface area contributed by atoms with Gasteiger partial charge in [-0.3, -0.25) is 5.43 Å². The largest absolute Gasteiger partial charge is 0.359 e. The van der Waals surface area contributed by atoms with Crippen LogP contribution >= 0.6 is 0 Å². The van der Waals surface area contributed by atoms with Crippen LogP contribution in [-0.2, 0) is 6.42 Å². The lowest BCUT2D eigenvalue weighted by atomic mass is 10.1. The molecule has 1 aromatic heterocycles. The van der Waals surface area contributed by atoms with Gasteiger partial charge >= 0.3 is 0 Å². The number of hydrogen-bond donors (Lipinski definition) is 1. The van der Waals surface area contributed by atoms with E-state index in [-0.39, 0.29) is 0 Å². The number of hydrazone groups is 1. The third kappa shape index (κ3) is 2.19. The van der Waals surface area contributed by atoms with E-state index in [0.717, 1.165) is 29.4 Å². The Hall–Kier alpha value is -2.30. The van der Waals surface area contributed by atoms with Gasteiger partial charge in [0, 0.05) is 6.42 Å². The molecular weight excluding hydrogens is 240 g/mol. The maximum Gasteiger partial charge on any atom is 0.157 e. The first kappa shape index (κ1) is 11.8. The molecule has 5 nitrogen and oxygen atoms in total. The van der Waals surface area contributed by atoms with Crippen LogP contribution in [0.4, 0.5) is 5.69 Å². The van der Waals surface area contributed by atoms with Gasteiger partial charge < -0.3 is 9.42 Å². The molecule has 0 radical (unpaired) electrons. The first-order chi connectivity index (χ1) is 9.25. The topological polar surface area (TPSA) is 53.7 Å². The molecule has 0 fully saturated rings. The van der Waals surface area contributed by atoms with Gasteiger partial charge in [-0.15, -0.1) is 0 Å². The maximum atomic E-state index is 5.23. The summed E-state index contributed by atoms with van der Waals surface area (Å²) >= 11 is 0. The van der Waals surface area contributed by atoms with E-state index in [0.29, 0.717) is 6.67 Å². The van der Waals surface area contributed by atoms with Crippen molar-refractivity contribution in [1.82, 2.24) is 10.6 Å². The lowest BCUT2D eigenvalue weighted by Gasteiger charge is -2.18. The molecule has 0 saturated carbocycles. The zero-order valence-electron chi connectivity index (χ0n) is 11.1. The van der Waals surface area contributed by atoms with E-state index >= 15 is 0 Å². The Bertz CT molecular complexity index is 584. The SMILES string of the molecule is Cc1noc(C)c1N1CNN=C1Cc1ccccc1. The Kier molecular flexibility index (Phi) is 2.95. The summed E-state index contributed by atoms with van der Waals surface area (Å²) in [7, 11) is 0. The van der Waals surface area contributed by atoms with Gasteiger partial charge in [-0.25, -0.2) is 0 Å². The first-order valence-corrected chi connectivity index (χ1v) is 6.29. The molecule has 0 spiro atoms. The van der Waals surface area contributed by atoms with Crippen LogP contribution < -0.4 is 10.3 Å². The van der Waals surface area contributed by atoms with Crippen LogP contribution in [0.25, 0.3) is 0 Å². The fourth-order valence-electron chi connectivity index (χ4n) is 2.33. The van der Waals surface area contributed by atoms with Crippen molar-refractivity contribution in [3.63, 3.8) is 0 Å². The summed E-state index contributed by atoms with van der Waals surface area (Å²) in [4.78, 5) is 2.12. The highest BCUT2D eigenvalue weighted by Crippen LogP contribution is 2.26. The van der Waals surface area contributed by atoms with Crippen LogP contribution in [0.3, 0.4) is 0 Å². The molecule has 0 saturated heterocycles. The van der Waals surface area contributed by atoms with E-state index in [1.807, 2.05) is 32.0 Å². The number of nitrogens with zero attached hydrogens (tertiary/aromatic N) is 3. The average Bonchev–Trinajstić information content (AvgIpc) is 2.98. The molecule has 3 rings (SSSR count). The Morgan fingerprint density at radius 2 is 2.05 bits per heavy atom. The Labute approximate surface area is 111 Å². The quantitative estimate of drug-likeness (QED) is 0.914. The van der Waals surface area contributed by atoms with Crippen molar-refractivity contribution in [2.24, 2.45) is 5.10 Å². The standard InChI is InChI=1S/C14H16N4O/c1-10-14(11(2)19-17-10)18-9-15-16-13(18)8-12-6-4-3-5-7-12/h3-7,15H,8-9H2,1-2H3. The Morgan fingerprint density at radius 1 is 1.26 bits per heavy atom. The Morgan fingerprint density at radius 3 is 2.74 bits per heavy atom. The van der Waals surface area contributed by atoms with E-state index in [9.17, 15) is 0 Å². The van der Waals surface area contributed by atoms with E-state index in [2.05, 4.69) is 32.7 Å². The third-order valence-corrected chi connectivity index (χ3v) is 3.22. The molecule has 0 bridgehead atoms. The second-order valence-electron chi connectivity index (χ2n) is 4.61. The summed E-state index contributed by atoms with van der Waals surface area (Å²) in [5, 5.41) is 8.38. The minimum absolute atomic E-state index is 0.658. The highest BCUT2D eigenvalue weighted by molar-refractivity contribution is 6.00. The minimum atomic E-state index is 0.658. The van der Waals surface area contributed by atoms with Gasteiger partial charge in [0.15, 0.2) is 5.76 Å². The number of benzene rings is 1. The second kappa shape index (κ2) is 4.76. The molecule has 98 valence electrons. The summed E-state index contributed by atoms with van der Waals surface area (Å²) in [6.07, 6.45) is 0.790. The van der Waals surface area contributed by atoms with Gasteiger partial charge in [0.05, 0.1) is 0 Å². The van der Waals surface area contributed by atoms with Crippen molar-refractivity contribution >= 4 is 11.5 Å². The molecule has 1 N–H and O–H groups in total. The van der Waals surface area contributed by atoms with E-state index in [1.165, 1.54) is 5.56 Å². The fraction of sp³-hybridized carbons (Fsp3) is 0.286. The number of hydrogen-bond acceptors (Lipinski definition) is 5. The molecule has 0 unspecified atom stereocenters. The number of rotatable bonds is 3. The molecule has 2 aromatic rings. The van der Waals surface area contributed by atoms with Crippen molar-refractivity contribution < 1.29 is 4.52 Å². The molecule has 0 amide bonds.